The van der Waals surface area contributed by atoms with Gasteiger partial charge in [0.05, 0.1) is 33.0 Å². The van der Waals surface area contributed by atoms with Gasteiger partial charge in [-0.2, -0.15) is 25.5 Å². The summed E-state index contributed by atoms with van der Waals surface area (Å²) >= 11 is 0. The Morgan fingerprint density at radius 2 is 0.625 bits per heavy atom. The fourth-order valence-electron chi connectivity index (χ4n) is 5.29. The van der Waals surface area contributed by atoms with E-state index >= 15 is 0 Å². The average Bonchev–Trinajstić information content (AvgIpc) is 4.04. The Labute approximate surface area is 317 Å². The van der Waals surface area contributed by atoms with Crippen LogP contribution in [0.2, 0.25) is 0 Å². The highest BCUT2D eigenvalue weighted by Gasteiger charge is 2.31. The van der Waals surface area contributed by atoms with Crippen LogP contribution < -0.4 is 0 Å². The number of esters is 5. The van der Waals surface area contributed by atoms with Crippen LogP contribution in [0.4, 0.5) is 0 Å². The van der Waals surface area contributed by atoms with E-state index in [0.29, 0.717) is 0 Å². The second-order valence-corrected chi connectivity index (χ2v) is 11.1. The lowest BCUT2D eigenvalue weighted by molar-refractivity contribution is 0.0509. The fraction of sp³-hybridized carbons (Fsp3) is 0.286. The minimum absolute atomic E-state index is 0.0352. The number of pyridine rings is 1. The van der Waals surface area contributed by atoms with Crippen molar-refractivity contribution in [1.82, 2.24) is 53.9 Å². The van der Waals surface area contributed by atoms with Crippen LogP contribution in [0.25, 0.3) is 28.7 Å². The maximum Gasteiger partial charge on any atom is 0.358 e. The first-order chi connectivity index (χ1) is 27.1. The van der Waals surface area contributed by atoms with Crippen molar-refractivity contribution in [3.63, 3.8) is 0 Å². The fourth-order valence-corrected chi connectivity index (χ4v) is 5.29. The second kappa shape index (κ2) is 16.7. The van der Waals surface area contributed by atoms with Crippen molar-refractivity contribution < 1.29 is 47.7 Å². The van der Waals surface area contributed by atoms with E-state index in [0.717, 1.165) is 0 Å². The van der Waals surface area contributed by atoms with Crippen LogP contribution in [0.1, 0.15) is 87.1 Å². The molecule has 0 aliphatic carbocycles. The molecule has 0 unspecified atom stereocenters. The smallest absolute Gasteiger partial charge is 0.358 e. The van der Waals surface area contributed by atoms with E-state index in [-0.39, 0.29) is 90.2 Å². The third kappa shape index (κ3) is 7.62. The van der Waals surface area contributed by atoms with Crippen molar-refractivity contribution in [2.24, 2.45) is 0 Å². The molecule has 0 aromatic carbocycles. The standard InChI is InChI=1S/C35H35N11O10/c1-6-52-31(47)21-11-16-42(37-21)26-27(43-17-12-22(38-43)32(48)53-7-2)29(45-19-14-24(40-45)34(50)55-9-4)36-30(46-20-15-25(41-46)35(51)56-10-5)28(26)44-18-13-23(39-44)33(49)54-8-3/h11-20H,6-10H2,1-5H3. The van der Waals surface area contributed by atoms with Crippen LogP contribution >= 0.6 is 0 Å². The van der Waals surface area contributed by atoms with Crippen LogP contribution in [0.5, 0.6) is 0 Å². The van der Waals surface area contributed by atoms with Gasteiger partial charge in [-0.15, -0.1) is 0 Å². The molecule has 0 amide bonds. The van der Waals surface area contributed by atoms with Gasteiger partial charge >= 0.3 is 29.8 Å². The van der Waals surface area contributed by atoms with E-state index in [1.165, 1.54) is 84.7 Å². The maximum absolute atomic E-state index is 12.9. The molecule has 6 heterocycles. The highest BCUT2D eigenvalue weighted by Crippen LogP contribution is 2.35. The molecule has 0 aliphatic rings. The molecule has 6 rings (SSSR count). The first-order valence-electron chi connectivity index (χ1n) is 17.4. The number of nitrogens with zero attached hydrogens (tertiary/aromatic N) is 11. The van der Waals surface area contributed by atoms with Gasteiger partial charge in [0, 0.05) is 31.0 Å². The molecule has 0 bridgehead atoms. The minimum atomic E-state index is -0.728. The summed E-state index contributed by atoms with van der Waals surface area (Å²) in [4.78, 5) is 69.2. The predicted octanol–water partition coefficient (Wildman–Crippen LogP) is 2.89. The number of carbonyl (C=O) groups excluding carboxylic acids is 5. The minimum Gasteiger partial charge on any atom is -0.461 e. The summed E-state index contributed by atoms with van der Waals surface area (Å²) in [7, 11) is 0. The van der Waals surface area contributed by atoms with E-state index in [1.807, 2.05) is 0 Å². The molecule has 0 N–H and O–H groups in total. The Morgan fingerprint density at radius 1 is 0.393 bits per heavy atom. The van der Waals surface area contributed by atoms with Crippen molar-refractivity contribution in [1.29, 1.82) is 0 Å². The third-order valence-electron chi connectivity index (χ3n) is 7.57. The first kappa shape index (κ1) is 38.3. The largest absolute Gasteiger partial charge is 0.461 e. The van der Waals surface area contributed by atoms with Gasteiger partial charge in [-0.3, -0.25) is 0 Å². The Kier molecular flexibility index (Phi) is 11.4. The van der Waals surface area contributed by atoms with Crippen LogP contribution in [0, 0.1) is 0 Å². The second-order valence-electron chi connectivity index (χ2n) is 11.1. The first-order valence-corrected chi connectivity index (χ1v) is 17.4. The molecular formula is C35H35N11O10. The summed E-state index contributed by atoms with van der Waals surface area (Å²) in [5.41, 5.74) is -0.204. The van der Waals surface area contributed by atoms with Gasteiger partial charge in [-0.25, -0.2) is 52.4 Å². The Hall–Kier alpha value is -7.45. The monoisotopic (exact) mass is 769 g/mol. The molecule has 0 aliphatic heterocycles. The molecule has 21 heteroatoms. The van der Waals surface area contributed by atoms with Crippen LogP contribution in [0.15, 0.2) is 61.3 Å². The van der Waals surface area contributed by atoms with Crippen LogP contribution in [0.3, 0.4) is 0 Å². The zero-order valence-corrected chi connectivity index (χ0v) is 30.8. The number of ether oxygens (including phenoxy) is 5. The summed E-state index contributed by atoms with van der Waals surface area (Å²) in [6.07, 6.45) is 7.23. The molecule has 0 spiro atoms. The van der Waals surface area contributed by atoms with Gasteiger partial charge in [0.15, 0.2) is 40.1 Å². The number of aromatic nitrogens is 11. The Balaban J connectivity index is 1.76. The van der Waals surface area contributed by atoms with Gasteiger partial charge < -0.3 is 23.7 Å². The normalized spacial score (nSPS) is 10.9. The van der Waals surface area contributed by atoms with E-state index in [9.17, 15) is 24.0 Å². The molecule has 0 radical (unpaired) electrons. The number of carbonyl (C=O) groups is 5. The molecule has 6 aromatic rings. The molecule has 0 saturated heterocycles. The highest BCUT2D eigenvalue weighted by atomic mass is 16.5. The van der Waals surface area contributed by atoms with Gasteiger partial charge in [0.1, 0.15) is 17.1 Å². The van der Waals surface area contributed by atoms with E-state index < -0.39 is 29.8 Å². The molecule has 0 saturated carbocycles. The number of hydrogen-bond acceptors (Lipinski definition) is 16. The lowest BCUT2D eigenvalue weighted by Gasteiger charge is -2.21. The summed E-state index contributed by atoms with van der Waals surface area (Å²) in [6, 6.07) is 7.03. The molecule has 56 heavy (non-hydrogen) atoms. The zero-order chi connectivity index (χ0) is 39.9. The summed E-state index contributed by atoms with van der Waals surface area (Å²) < 4.78 is 32.3. The van der Waals surface area contributed by atoms with Crippen molar-refractivity contribution in [2.45, 2.75) is 34.6 Å². The Bertz CT molecular complexity index is 2280. The topological polar surface area (TPSA) is 233 Å². The summed E-state index contributed by atoms with van der Waals surface area (Å²) in [5.74, 6) is -3.67. The van der Waals surface area contributed by atoms with Gasteiger partial charge in [0.25, 0.3) is 0 Å². The molecule has 0 atom stereocenters. The molecular weight excluding hydrogens is 734 g/mol. The summed E-state index contributed by atoms with van der Waals surface area (Å²) in [5, 5.41) is 22.4. The molecule has 0 fully saturated rings. The SMILES string of the molecule is CCOC(=O)c1ccn(-c2nc(-n3ccc(C(=O)OCC)n3)c(-n3ccc(C(=O)OCC)n3)c(-n3ccc(C(=O)OCC)n3)c2-n2ccc(C(=O)OCC)n2)n1. The molecule has 6 aromatic heterocycles. The molecule has 21 nitrogen and oxygen atoms in total. The Morgan fingerprint density at radius 3 is 0.893 bits per heavy atom. The van der Waals surface area contributed by atoms with Crippen molar-refractivity contribution in [3.05, 3.63) is 89.8 Å². The maximum atomic E-state index is 12.9. The number of rotatable bonds is 15. The average molecular weight is 770 g/mol. The van der Waals surface area contributed by atoms with Gasteiger partial charge in [-0.1, -0.05) is 0 Å². The third-order valence-corrected chi connectivity index (χ3v) is 7.57. The van der Waals surface area contributed by atoms with E-state index in [4.69, 9.17) is 28.7 Å². The van der Waals surface area contributed by atoms with Crippen molar-refractivity contribution in [3.8, 4) is 28.7 Å². The van der Waals surface area contributed by atoms with E-state index in [2.05, 4.69) is 25.5 Å². The zero-order valence-electron chi connectivity index (χ0n) is 30.8. The highest BCUT2D eigenvalue weighted by molar-refractivity contribution is 5.90. The quantitative estimate of drug-likeness (QED) is 0.108. The van der Waals surface area contributed by atoms with Crippen molar-refractivity contribution >= 4 is 29.8 Å². The lowest BCUT2D eigenvalue weighted by Crippen LogP contribution is -2.21. The van der Waals surface area contributed by atoms with Gasteiger partial charge in [0.2, 0.25) is 0 Å². The summed E-state index contributed by atoms with van der Waals surface area (Å²) in [6.45, 7) is 8.65. The molecule has 290 valence electrons. The van der Waals surface area contributed by atoms with Gasteiger partial charge in [-0.05, 0) is 65.0 Å². The lowest BCUT2D eigenvalue weighted by atomic mass is 10.2. The van der Waals surface area contributed by atoms with E-state index in [1.54, 1.807) is 34.6 Å². The van der Waals surface area contributed by atoms with Crippen LogP contribution in [-0.4, -0.2) is 117 Å². The van der Waals surface area contributed by atoms with Crippen LogP contribution in [-0.2, 0) is 23.7 Å². The van der Waals surface area contributed by atoms with Crippen molar-refractivity contribution in [2.75, 3.05) is 33.0 Å². The number of hydrogen-bond donors (Lipinski definition) is 0. The predicted molar refractivity (Wildman–Crippen MR) is 190 cm³/mol.